The lowest BCUT2D eigenvalue weighted by molar-refractivity contribution is 0.547. The predicted molar refractivity (Wildman–Crippen MR) is 75.1 cm³/mol. The highest BCUT2D eigenvalue weighted by molar-refractivity contribution is 7.89. The van der Waals surface area contributed by atoms with Gasteiger partial charge in [-0.2, -0.15) is 0 Å². The van der Waals surface area contributed by atoms with Crippen LogP contribution in [0.4, 0.5) is 11.4 Å². The summed E-state index contributed by atoms with van der Waals surface area (Å²) < 4.78 is 25.5. The molecule has 1 aromatic carbocycles. The topological polar surface area (TPSA) is 84.2 Å². The van der Waals surface area contributed by atoms with Gasteiger partial charge in [0.05, 0.1) is 16.3 Å². The van der Waals surface area contributed by atoms with Crippen molar-refractivity contribution in [2.75, 3.05) is 18.1 Å². The average molecular weight is 271 g/mol. The van der Waals surface area contributed by atoms with Gasteiger partial charge >= 0.3 is 0 Å². The molecule has 0 aromatic heterocycles. The molecule has 0 unspecified atom stereocenters. The van der Waals surface area contributed by atoms with E-state index in [1.807, 2.05) is 0 Å². The second-order valence-corrected chi connectivity index (χ2v) is 6.71. The number of nitrogens with one attached hydrogen (secondary N) is 2. The van der Waals surface area contributed by atoms with Crippen molar-refractivity contribution in [3.63, 3.8) is 0 Å². The summed E-state index contributed by atoms with van der Waals surface area (Å²) in [4.78, 5) is 0.169. The lowest BCUT2D eigenvalue weighted by Gasteiger charge is -2.27. The highest BCUT2D eigenvalue weighted by atomic mass is 32.2. The summed E-state index contributed by atoms with van der Waals surface area (Å²) in [5, 5.41) is 3.29. The fourth-order valence-corrected chi connectivity index (χ4v) is 2.16. The number of nitrogens with two attached hydrogens (primary N) is 1. The van der Waals surface area contributed by atoms with Gasteiger partial charge in [-0.05, 0) is 45.5 Å². The molecule has 0 atom stereocenters. The molecule has 0 spiro atoms. The van der Waals surface area contributed by atoms with Crippen LogP contribution in [0.2, 0.25) is 0 Å². The first-order valence-electron chi connectivity index (χ1n) is 5.83. The van der Waals surface area contributed by atoms with E-state index in [2.05, 4.69) is 30.8 Å². The molecule has 0 aliphatic rings. The largest absolute Gasteiger partial charge is 0.397 e. The van der Waals surface area contributed by atoms with Crippen molar-refractivity contribution in [1.82, 2.24) is 4.72 Å². The summed E-state index contributed by atoms with van der Waals surface area (Å²) in [6.07, 6.45) is 0.934. The van der Waals surface area contributed by atoms with Gasteiger partial charge in [0.1, 0.15) is 0 Å². The fraction of sp³-hybridized carbons (Fsp3) is 0.500. The van der Waals surface area contributed by atoms with Crippen molar-refractivity contribution in [3.8, 4) is 0 Å². The van der Waals surface area contributed by atoms with Gasteiger partial charge in [-0.3, -0.25) is 0 Å². The van der Waals surface area contributed by atoms with E-state index in [-0.39, 0.29) is 10.4 Å². The summed E-state index contributed by atoms with van der Waals surface area (Å²) in [6.45, 7) is 6.19. The van der Waals surface area contributed by atoms with E-state index in [1.54, 1.807) is 6.07 Å². The Labute approximate surface area is 109 Å². The number of rotatable bonds is 5. The third-order valence-electron chi connectivity index (χ3n) is 2.96. The Kier molecular flexibility index (Phi) is 4.24. The summed E-state index contributed by atoms with van der Waals surface area (Å²) in [6, 6.07) is 4.69. The molecular formula is C12H21N3O2S. The molecule has 4 N–H and O–H groups in total. The molecule has 0 saturated carbocycles. The van der Waals surface area contributed by atoms with Crippen LogP contribution in [0.3, 0.4) is 0 Å². The van der Waals surface area contributed by atoms with Gasteiger partial charge in [-0.1, -0.05) is 6.92 Å². The van der Waals surface area contributed by atoms with Gasteiger partial charge in [-0.25, -0.2) is 13.1 Å². The van der Waals surface area contributed by atoms with E-state index in [1.165, 1.54) is 19.2 Å². The number of hydrogen-bond donors (Lipinski definition) is 3. The highest BCUT2D eigenvalue weighted by Crippen LogP contribution is 2.26. The lowest BCUT2D eigenvalue weighted by Crippen LogP contribution is -2.30. The third kappa shape index (κ3) is 3.36. The number of hydrogen-bond acceptors (Lipinski definition) is 4. The minimum Gasteiger partial charge on any atom is -0.397 e. The number of sulfonamides is 1. The molecule has 6 heteroatoms. The Balaban J connectivity index is 3.08. The maximum Gasteiger partial charge on any atom is 0.240 e. The van der Waals surface area contributed by atoms with Crippen LogP contribution in [0.15, 0.2) is 23.1 Å². The molecule has 0 radical (unpaired) electrons. The van der Waals surface area contributed by atoms with Gasteiger partial charge in [0, 0.05) is 5.54 Å². The standard InChI is InChI=1S/C12H21N3O2S/c1-5-12(2,3)15-11-7-6-9(8-10(11)13)18(16,17)14-4/h6-8,14-15H,5,13H2,1-4H3. The normalized spacial score (nSPS) is 12.4. The van der Waals surface area contributed by atoms with E-state index < -0.39 is 10.0 Å². The van der Waals surface area contributed by atoms with E-state index in [4.69, 9.17) is 5.73 Å². The van der Waals surface area contributed by atoms with Crippen LogP contribution in [0.1, 0.15) is 27.2 Å². The molecule has 5 nitrogen and oxygen atoms in total. The maximum atomic E-state index is 11.6. The number of nitrogen functional groups attached to an aromatic ring is 1. The average Bonchev–Trinajstić information content (AvgIpc) is 2.31. The zero-order valence-electron chi connectivity index (χ0n) is 11.2. The number of benzene rings is 1. The fourth-order valence-electron chi connectivity index (χ4n) is 1.39. The minimum atomic E-state index is -3.44. The van der Waals surface area contributed by atoms with Gasteiger partial charge in [0.2, 0.25) is 10.0 Å². The van der Waals surface area contributed by atoms with Crippen molar-refractivity contribution >= 4 is 21.4 Å². The molecule has 1 rings (SSSR count). The second-order valence-electron chi connectivity index (χ2n) is 4.82. The SMILES string of the molecule is CCC(C)(C)Nc1ccc(S(=O)(=O)NC)cc1N. The lowest BCUT2D eigenvalue weighted by atomic mass is 10.0. The van der Waals surface area contributed by atoms with Crippen LogP contribution >= 0.6 is 0 Å². The first-order valence-corrected chi connectivity index (χ1v) is 7.31. The van der Waals surface area contributed by atoms with Crippen LogP contribution in [0.5, 0.6) is 0 Å². The van der Waals surface area contributed by atoms with E-state index in [9.17, 15) is 8.42 Å². The minimum absolute atomic E-state index is 0.0858. The van der Waals surface area contributed by atoms with Crippen LogP contribution in [-0.4, -0.2) is 21.0 Å². The second kappa shape index (κ2) is 5.16. The van der Waals surface area contributed by atoms with Crippen LogP contribution in [0, 0.1) is 0 Å². The molecule has 0 fully saturated rings. The van der Waals surface area contributed by atoms with Gasteiger partial charge < -0.3 is 11.1 Å². The first kappa shape index (κ1) is 14.8. The molecule has 1 aromatic rings. The Morgan fingerprint density at radius 3 is 2.39 bits per heavy atom. The van der Waals surface area contributed by atoms with Crippen molar-refractivity contribution in [1.29, 1.82) is 0 Å². The monoisotopic (exact) mass is 271 g/mol. The summed E-state index contributed by atoms with van der Waals surface area (Å²) in [7, 11) is -2.07. The van der Waals surface area contributed by atoms with Crippen molar-refractivity contribution < 1.29 is 8.42 Å². The summed E-state index contributed by atoms with van der Waals surface area (Å²) in [5.41, 5.74) is 6.97. The Morgan fingerprint density at radius 2 is 1.94 bits per heavy atom. The molecule has 0 saturated heterocycles. The zero-order chi connectivity index (χ0) is 14.0. The highest BCUT2D eigenvalue weighted by Gasteiger charge is 2.17. The summed E-state index contributed by atoms with van der Waals surface area (Å²) in [5.74, 6) is 0. The molecule has 0 heterocycles. The molecule has 0 bridgehead atoms. The Hall–Kier alpha value is -1.27. The maximum absolute atomic E-state index is 11.6. The molecule has 102 valence electrons. The molecule has 18 heavy (non-hydrogen) atoms. The molecular weight excluding hydrogens is 250 g/mol. The predicted octanol–water partition coefficient (Wildman–Crippen LogP) is 1.78. The van der Waals surface area contributed by atoms with Gasteiger partial charge in [0.15, 0.2) is 0 Å². The van der Waals surface area contributed by atoms with Crippen LogP contribution < -0.4 is 15.8 Å². The quantitative estimate of drug-likeness (QED) is 0.713. The summed E-state index contributed by atoms with van der Waals surface area (Å²) >= 11 is 0. The van der Waals surface area contributed by atoms with Crippen LogP contribution in [0.25, 0.3) is 0 Å². The molecule has 0 amide bonds. The number of anilines is 2. The van der Waals surface area contributed by atoms with E-state index in [0.717, 1.165) is 12.1 Å². The molecule has 0 aliphatic heterocycles. The third-order valence-corrected chi connectivity index (χ3v) is 4.37. The van der Waals surface area contributed by atoms with E-state index >= 15 is 0 Å². The smallest absolute Gasteiger partial charge is 0.240 e. The zero-order valence-corrected chi connectivity index (χ0v) is 12.1. The van der Waals surface area contributed by atoms with Crippen LogP contribution in [-0.2, 0) is 10.0 Å². The Bertz CT molecular complexity index is 524. The van der Waals surface area contributed by atoms with Gasteiger partial charge in [-0.15, -0.1) is 0 Å². The van der Waals surface area contributed by atoms with E-state index in [0.29, 0.717) is 5.69 Å². The Morgan fingerprint density at radius 1 is 1.33 bits per heavy atom. The first-order chi connectivity index (χ1) is 8.22. The molecule has 0 aliphatic carbocycles. The van der Waals surface area contributed by atoms with Gasteiger partial charge in [0.25, 0.3) is 0 Å². The van der Waals surface area contributed by atoms with Crippen molar-refractivity contribution in [3.05, 3.63) is 18.2 Å². The van der Waals surface area contributed by atoms with Crippen molar-refractivity contribution in [2.24, 2.45) is 0 Å². The van der Waals surface area contributed by atoms with Crippen molar-refractivity contribution in [2.45, 2.75) is 37.6 Å².